The highest BCUT2D eigenvalue weighted by Crippen LogP contribution is 2.32. The van der Waals surface area contributed by atoms with Crippen LogP contribution in [-0.2, 0) is 16.1 Å². The molecule has 0 fully saturated rings. The van der Waals surface area contributed by atoms with Crippen LogP contribution in [0.15, 0.2) is 81.7 Å². The summed E-state index contributed by atoms with van der Waals surface area (Å²) < 4.78 is 19.2. The Morgan fingerprint density at radius 2 is 1.70 bits per heavy atom. The number of esters is 1. The van der Waals surface area contributed by atoms with Crippen molar-refractivity contribution in [1.82, 2.24) is 4.57 Å². The smallest absolute Gasteiger partial charge is 0.338 e. The molecule has 0 aliphatic carbocycles. The lowest BCUT2D eigenvalue weighted by Gasteiger charge is -2.24. The molecule has 11 heteroatoms. The fourth-order valence-electron chi connectivity index (χ4n) is 4.70. The maximum atomic E-state index is 13.9. The number of nitrogens with zero attached hydrogens (tertiary/aromatic N) is 2. The van der Waals surface area contributed by atoms with Crippen molar-refractivity contribution in [3.63, 3.8) is 0 Å². The zero-order chi connectivity index (χ0) is 30.7. The Morgan fingerprint density at radius 1 is 0.953 bits per heavy atom. The third-order valence-corrected chi connectivity index (χ3v) is 8.49. The number of hydrogen-bond donors (Lipinski definition) is 0. The molecule has 1 aliphatic rings. The fourth-order valence-corrected chi connectivity index (χ4v) is 6.34. The van der Waals surface area contributed by atoms with Crippen molar-refractivity contribution in [3.05, 3.63) is 123 Å². The number of halogens is 3. The predicted molar refractivity (Wildman–Crippen MR) is 170 cm³/mol. The molecule has 222 valence electrons. The van der Waals surface area contributed by atoms with Gasteiger partial charge in [-0.15, -0.1) is 0 Å². The molecule has 1 atom stereocenters. The topological polar surface area (TPSA) is 79.1 Å². The highest BCUT2D eigenvalue weighted by atomic mass is 35.5. The van der Waals surface area contributed by atoms with E-state index in [1.807, 2.05) is 25.1 Å². The van der Waals surface area contributed by atoms with Crippen molar-refractivity contribution in [2.24, 2.45) is 4.99 Å². The van der Waals surface area contributed by atoms with E-state index < -0.39 is 12.0 Å². The first-order chi connectivity index (χ1) is 20.7. The van der Waals surface area contributed by atoms with Gasteiger partial charge in [0.15, 0.2) is 16.3 Å². The summed E-state index contributed by atoms with van der Waals surface area (Å²) in [6, 6.07) is 17.0. The van der Waals surface area contributed by atoms with E-state index in [0.717, 1.165) is 16.7 Å². The van der Waals surface area contributed by atoms with E-state index >= 15 is 0 Å². The summed E-state index contributed by atoms with van der Waals surface area (Å²) in [5.74, 6) is 0.535. The quantitative estimate of drug-likeness (QED) is 0.187. The SMILES string of the molecule is CCOC(=O)C1=C(C)N=c2sc(=Cc3ccc(OCc4ccc(Cl)cc4Cl)c(OCC)c3)c(=O)n2C1c1ccc(Cl)cc1. The lowest BCUT2D eigenvalue weighted by molar-refractivity contribution is -0.139. The molecule has 4 aromatic rings. The Kier molecular flexibility index (Phi) is 9.62. The summed E-state index contributed by atoms with van der Waals surface area (Å²) in [6.07, 6.45) is 1.77. The standard InChI is InChI=1S/C32H27Cl3N2O5S/c1-4-40-26-14-19(6-13-25(26)42-17-21-9-12-23(34)16-24(21)35)15-27-30(38)37-29(20-7-10-22(33)11-8-20)28(31(39)41-5-2)18(3)36-32(37)43-27/h6-16,29H,4-5,17H2,1-3H3. The molecule has 43 heavy (non-hydrogen) atoms. The van der Waals surface area contributed by atoms with Crippen LogP contribution in [0.25, 0.3) is 6.08 Å². The van der Waals surface area contributed by atoms with E-state index in [9.17, 15) is 9.59 Å². The third-order valence-electron chi connectivity index (χ3n) is 6.67. The summed E-state index contributed by atoms with van der Waals surface area (Å²) in [7, 11) is 0. The Bertz CT molecular complexity index is 1900. The fraction of sp³-hybridized carbons (Fsp3) is 0.219. The van der Waals surface area contributed by atoms with Crippen LogP contribution in [0.5, 0.6) is 11.5 Å². The van der Waals surface area contributed by atoms with Crippen molar-refractivity contribution >= 4 is 58.2 Å². The van der Waals surface area contributed by atoms with Gasteiger partial charge in [-0.1, -0.05) is 70.4 Å². The normalized spacial score (nSPS) is 14.7. The van der Waals surface area contributed by atoms with Crippen LogP contribution < -0.4 is 24.4 Å². The van der Waals surface area contributed by atoms with Crippen molar-refractivity contribution < 1.29 is 19.0 Å². The molecule has 0 saturated carbocycles. The predicted octanol–water partition coefficient (Wildman–Crippen LogP) is 6.74. The first-order valence-corrected chi connectivity index (χ1v) is 15.4. The van der Waals surface area contributed by atoms with E-state index in [0.29, 0.717) is 53.8 Å². The minimum Gasteiger partial charge on any atom is -0.490 e. The highest BCUT2D eigenvalue weighted by Gasteiger charge is 2.33. The molecule has 2 heterocycles. The Labute approximate surface area is 267 Å². The zero-order valence-electron chi connectivity index (χ0n) is 23.5. The Hall–Kier alpha value is -3.56. The summed E-state index contributed by atoms with van der Waals surface area (Å²) in [6.45, 7) is 6.20. The largest absolute Gasteiger partial charge is 0.490 e. The van der Waals surface area contributed by atoms with Crippen LogP contribution in [0.2, 0.25) is 15.1 Å². The van der Waals surface area contributed by atoms with Crippen LogP contribution in [0.3, 0.4) is 0 Å². The lowest BCUT2D eigenvalue weighted by atomic mass is 9.96. The molecule has 0 bridgehead atoms. The van der Waals surface area contributed by atoms with Gasteiger partial charge in [0.25, 0.3) is 5.56 Å². The van der Waals surface area contributed by atoms with Gasteiger partial charge >= 0.3 is 5.97 Å². The van der Waals surface area contributed by atoms with Crippen LogP contribution in [0.4, 0.5) is 0 Å². The maximum Gasteiger partial charge on any atom is 0.338 e. The molecule has 3 aromatic carbocycles. The summed E-state index contributed by atoms with van der Waals surface area (Å²) in [5.41, 5.74) is 2.75. The number of hydrogen-bond acceptors (Lipinski definition) is 7. The highest BCUT2D eigenvalue weighted by molar-refractivity contribution is 7.07. The monoisotopic (exact) mass is 656 g/mol. The first kappa shape index (κ1) is 30.9. The third kappa shape index (κ3) is 6.68. The van der Waals surface area contributed by atoms with Crippen molar-refractivity contribution in [2.75, 3.05) is 13.2 Å². The van der Waals surface area contributed by atoms with Crippen LogP contribution in [-0.4, -0.2) is 23.8 Å². The summed E-state index contributed by atoms with van der Waals surface area (Å²) >= 11 is 19.7. The second-order valence-electron chi connectivity index (χ2n) is 9.52. The van der Waals surface area contributed by atoms with Crippen LogP contribution in [0.1, 0.15) is 43.5 Å². The van der Waals surface area contributed by atoms with Gasteiger partial charge in [-0.05, 0) is 74.4 Å². The van der Waals surface area contributed by atoms with Crippen LogP contribution in [0, 0.1) is 0 Å². The molecule has 1 unspecified atom stereocenters. The number of rotatable bonds is 9. The van der Waals surface area contributed by atoms with E-state index in [4.69, 9.17) is 49.0 Å². The number of thiazole rings is 1. The molecule has 0 spiro atoms. The minimum atomic E-state index is -0.718. The number of carbonyl (C=O) groups excluding carboxylic acids is 1. The van der Waals surface area contributed by atoms with Gasteiger partial charge in [-0.2, -0.15) is 0 Å². The summed E-state index contributed by atoms with van der Waals surface area (Å²) in [5, 5.41) is 1.60. The summed E-state index contributed by atoms with van der Waals surface area (Å²) in [4.78, 5) is 32.1. The molecule has 7 nitrogen and oxygen atoms in total. The van der Waals surface area contributed by atoms with Crippen LogP contribution >= 0.6 is 46.1 Å². The van der Waals surface area contributed by atoms with Gasteiger partial charge in [0, 0.05) is 20.6 Å². The van der Waals surface area contributed by atoms with Gasteiger partial charge in [-0.25, -0.2) is 9.79 Å². The second kappa shape index (κ2) is 13.4. The second-order valence-corrected chi connectivity index (χ2v) is 11.8. The minimum absolute atomic E-state index is 0.196. The number of fused-ring (bicyclic) bond motifs is 1. The number of ether oxygens (including phenoxy) is 3. The molecule has 0 saturated heterocycles. The average molecular weight is 658 g/mol. The molecule has 1 aromatic heterocycles. The van der Waals surface area contributed by atoms with Gasteiger partial charge in [0.05, 0.1) is 35.1 Å². The molecule has 5 rings (SSSR count). The Balaban J connectivity index is 1.54. The van der Waals surface area contributed by atoms with E-state index in [1.165, 1.54) is 15.9 Å². The van der Waals surface area contributed by atoms with E-state index in [2.05, 4.69) is 4.99 Å². The number of allylic oxidation sites excluding steroid dienone is 1. The molecule has 0 N–H and O–H groups in total. The van der Waals surface area contributed by atoms with E-state index in [-0.39, 0.29) is 18.8 Å². The van der Waals surface area contributed by atoms with E-state index in [1.54, 1.807) is 62.4 Å². The van der Waals surface area contributed by atoms with Gasteiger partial charge in [0.1, 0.15) is 6.61 Å². The zero-order valence-corrected chi connectivity index (χ0v) is 26.6. The molecular formula is C32H27Cl3N2O5S. The number of carbonyl (C=O) groups is 1. The molecule has 0 amide bonds. The maximum absolute atomic E-state index is 13.9. The Morgan fingerprint density at radius 3 is 2.40 bits per heavy atom. The first-order valence-electron chi connectivity index (χ1n) is 13.5. The van der Waals surface area contributed by atoms with Crippen molar-refractivity contribution in [2.45, 2.75) is 33.4 Å². The van der Waals surface area contributed by atoms with Crippen molar-refractivity contribution in [3.8, 4) is 11.5 Å². The average Bonchev–Trinajstić information content (AvgIpc) is 3.27. The van der Waals surface area contributed by atoms with Gasteiger partial charge < -0.3 is 14.2 Å². The van der Waals surface area contributed by atoms with Gasteiger partial charge in [0.2, 0.25) is 0 Å². The molecule has 1 aliphatic heterocycles. The van der Waals surface area contributed by atoms with Crippen molar-refractivity contribution in [1.29, 1.82) is 0 Å². The molecular weight excluding hydrogens is 631 g/mol. The number of aromatic nitrogens is 1. The van der Waals surface area contributed by atoms with Gasteiger partial charge in [-0.3, -0.25) is 9.36 Å². The lowest BCUT2D eigenvalue weighted by Crippen LogP contribution is -2.39. The molecule has 0 radical (unpaired) electrons. The number of benzene rings is 3.